The van der Waals surface area contributed by atoms with Crippen molar-refractivity contribution in [2.75, 3.05) is 36.0 Å². The Hall–Kier alpha value is -1.33. The number of hydrogen-bond acceptors (Lipinski definition) is 4. The highest BCUT2D eigenvalue weighted by Crippen LogP contribution is 2.27. The molecule has 0 aliphatic carbocycles. The molecule has 0 unspecified atom stereocenters. The number of nitrogens with zero attached hydrogens (tertiary/aromatic N) is 4. The normalized spacial score (nSPS) is 15.5. The Balaban J connectivity index is 1.68. The van der Waals surface area contributed by atoms with E-state index in [0.29, 0.717) is 5.15 Å². The summed E-state index contributed by atoms with van der Waals surface area (Å²) in [5.74, 6) is 0.890. The second-order valence-corrected chi connectivity index (χ2v) is 5.88. The zero-order chi connectivity index (χ0) is 13.9. The molecular weight excluding hydrogens is 340 g/mol. The first-order valence-corrected chi connectivity index (χ1v) is 7.65. The van der Waals surface area contributed by atoms with Gasteiger partial charge >= 0.3 is 0 Å². The van der Waals surface area contributed by atoms with Gasteiger partial charge in [0, 0.05) is 30.7 Å². The average molecular weight is 354 g/mol. The van der Waals surface area contributed by atoms with Crippen molar-refractivity contribution >= 4 is 39.0 Å². The number of para-hydroxylation sites is 1. The summed E-state index contributed by atoms with van der Waals surface area (Å²) in [5.41, 5.74) is 1.24. The fourth-order valence-corrected chi connectivity index (χ4v) is 3.00. The van der Waals surface area contributed by atoms with Crippen LogP contribution in [0, 0.1) is 0 Å². The summed E-state index contributed by atoms with van der Waals surface area (Å²) in [4.78, 5) is 4.61. The summed E-state index contributed by atoms with van der Waals surface area (Å²) >= 11 is 9.37. The summed E-state index contributed by atoms with van der Waals surface area (Å²) in [6.45, 7) is 3.79. The third-order valence-corrected chi connectivity index (χ3v) is 4.29. The molecule has 0 saturated carbocycles. The summed E-state index contributed by atoms with van der Waals surface area (Å²) in [6, 6.07) is 12.0. The number of halogens is 2. The number of benzene rings is 1. The highest BCUT2D eigenvalue weighted by molar-refractivity contribution is 9.10. The van der Waals surface area contributed by atoms with E-state index in [0.717, 1.165) is 36.5 Å². The van der Waals surface area contributed by atoms with Gasteiger partial charge in [0.05, 0.1) is 5.69 Å². The molecule has 2 aromatic rings. The quantitative estimate of drug-likeness (QED) is 0.830. The molecular formula is C14H14BrClN4. The van der Waals surface area contributed by atoms with Gasteiger partial charge in [0.15, 0.2) is 11.0 Å². The maximum atomic E-state index is 5.77. The van der Waals surface area contributed by atoms with Crippen LogP contribution in [-0.2, 0) is 0 Å². The standard InChI is InChI=1S/C14H14BrClN4/c15-11-3-1-2-4-12(11)19-7-9-20(10-8-19)14-6-5-13(16)17-18-14/h1-6H,7-10H2. The largest absolute Gasteiger partial charge is 0.367 e. The zero-order valence-electron chi connectivity index (χ0n) is 10.8. The second kappa shape index (κ2) is 5.97. The first-order valence-electron chi connectivity index (χ1n) is 6.48. The third-order valence-electron chi connectivity index (χ3n) is 3.41. The molecule has 0 N–H and O–H groups in total. The third kappa shape index (κ3) is 2.88. The molecule has 1 aromatic heterocycles. The van der Waals surface area contributed by atoms with Crippen molar-refractivity contribution in [1.82, 2.24) is 10.2 Å². The van der Waals surface area contributed by atoms with E-state index in [9.17, 15) is 0 Å². The van der Waals surface area contributed by atoms with Crippen LogP contribution in [0.1, 0.15) is 0 Å². The molecule has 1 aromatic carbocycles. The molecule has 20 heavy (non-hydrogen) atoms. The van der Waals surface area contributed by atoms with Crippen LogP contribution in [0.4, 0.5) is 11.5 Å². The van der Waals surface area contributed by atoms with Gasteiger partial charge < -0.3 is 9.80 Å². The molecule has 104 valence electrons. The van der Waals surface area contributed by atoms with Crippen LogP contribution in [0.5, 0.6) is 0 Å². The van der Waals surface area contributed by atoms with Gasteiger partial charge in [0.25, 0.3) is 0 Å². The van der Waals surface area contributed by atoms with Crippen molar-refractivity contribution in [2.45, 2.75) is 0 Å². The van der Waals surface area contributed by atoms with Crippen molar-refractivity contribution in [1.29, 1.82) is 0 Å². The van der Waals surface area contributed by atoms with Gasteiger partial charge in [-0.05, 0) is 40.2 Å². The summed E-state index contributed by atoms with van der Waals surface area (Å²) in [5, 5.41) is 8.46. The van der Waals surface area contributed by atoms with E-state index in [1.165, 1.54) is 5.69 Å². The highest BCUT2D eigenvalue weighted by Gasteiger charge is 2.19. The van der Waals surface area contributed by atoms with E-state index >= 15 is 0 Å². The van der Waals surface area contributed by atoms with Crippen LogP contribution in [0.2, 0.25) is 5.15 Å². The van der Waals surface area contributed by atoms with Crippen molar-refractivity contribution in [3.05, 3.63) is 46.0 Å². The smallest absolute Gasteiger partial charge is 0.151 e. The monoisotopic (exact) mass is 352 g/mol. The van der Waals surface area contributed by atoms with Crippen molar-refractivity contribution < 1.29 is 0 Å². The van der Waals surface area contributed by atoms with Crippen LogP contribution in [0.15, 0.2) is 40.9 Å². The van der Waals surface area contributed by atoms with Crippen molar-refractivity contribution in [2.24, 2.45) is 0 Å². The topological polar surface area (TPSA) is 32.3 Å². The Morgan fingerprint density at radius 3 is 2.25 bits per heavy atom. The Bertz CT molecular complexity index is 582. The second-order valence-electron chi connectivity index (χ2n) is 4.64. The van der Waals surface area contributed by atoms with Crippen molar-refractivity contribution in [3.8, 4) is 0 Å². The van der Waals surface area contributed by atoms with E-state index in [4.69, 9.17) is 11.6 Å². The number of anilines is 2. The lowest BCUT2D eigenvalue weighted by molar-refractivity contribution is 0.643. The van der Waals surface area contributed by atoms with Crippen LogP contribution in [-0.4, -0.2) is 36.4 Å². The van der Waals surface area contributed by atoms with E-state index < -0.39 is 0 Å². The Morgan fingerprint density at radius 1 is 0.900 bits per heavy atom. The van der Waals surface area contributed by atoms with Crippen LogP contribution in [0.25, 0.3) is 0 Å². The Labute approximate surface area is 131 Å². The molecule has 4 nitrogen and oxygen atoms in total. The average Bonchev–Trinajstić information content (AvgIpc) is 2.49. The Kier molecular flexibility index (Phi) is 4.08. The predicted octanol–water partition coefficient (Wildman–Crippen LogP) is 3.22. The molecule has 3 rings (SSSR count). The molecule has 0 amide bonds. The van der Waals surface area contributed by atoms with Gasteiger partial charge in [-0.1, -0.05) is 23.7 Å². The van der Waals surface area contributed by atoms with Gasteiger partial charge in [-0.3, -0.25) is 0 Å². The highest BCUT2D eigenvalue weighted by atomic mass is 79.9. The fraction of sp³-hybridized carbons (Fsp3) is 0.286. The fourth-order valence-electron chi connectivity index (χ4n) is 2.36. The van der Waals surface area contributed by atoms with Crippen LogP contribution in [0.3, 0.4) is 0 Å². The molecule has 6 heteroatoms. The maximum Gasteiger partial charge on any atom is 0.151 e. The molecule has 1 aliphatic rings. The first kappa shape index (κ1) is 13.6. The number of hydrogen-bond donors (Lipinski definition) is 0. The van der Waals surface area contributed by atoms with Gasteiger partial charge in [-0.2, -0.15) is 0 Å². The lowest BCUT2D eigenvalue weighted by Crippen LogP contribution is -2.47. The number of aromatic nitrogens is 2. The van der Waals surface area contributed by atoms with Gasteiger partial charge in [-0.15, -0.1) is 10.2 Å². The van der Waals surface area contributed by atoms with E-state index in [-0.39, 0.29) is 0 Å². The molecule has 0 radical (unpaired) electrons. The first-order chi connectivity index (χ1) is 9.74. The minimum atomic E-state index is 0.431. The Morgan fingerprint density at radius 2 is 1.60 bits per heavy atom. The van der Waals surface area contributed by atoms with Crippen LogP contribution < -0.4 is 9.80 Å². The predicted molar refractivity (Wildman–Crippen MR) is 85.6 cm³/mol. The van der Waals surface area contributed by atoms with E-state index in [1.807, 2.05) is 12.1 Å². The maximum absolute atomic E-state index is 5.77. The lowest BCUT2D eigenvalue weighted by Gasteiger charge is -2.36. The molecule has 0 atom stereocenters. The molecule has 1 aliphatic heterocycles. The molecule has 1 fully saturated rings. The molecule has 1 saturated heterocycles. The zero-order valence-corrected chi connectivity index (χ0v) is 13.2. The van der Waals surface area contributed by atoms with Gasteiger partial charge in [0.2, 0.25) is 0 Å². The number of rotatable bonds is 2. The lowest BCUT2D eigenvalue weighted by atomic mass is 10.2. The van der Waals surface area contributed by atoms with Gasteiger partial charge in [-0.25, -0.2) is 0 Å². The minimum absolute atomic E-state index is 0.431. The molecule has 0 spiro atoms. The minimum Gasteiger partial charge on any atom is -0.367 e. The molecule has 0 bridgehead atoms. The summed E-state index contributed by atoms with van der Waals surface area (Å²) < 4.78 is 1.14. The van der Waals surface area contributed by atoms with Crippen molar-refractivity contribution in [3.63, 3.8) is 0 Å². The SMILES string of the molecule is Clc1ccc(N2CCN(c3ccccc3Br)CC2)nn1. The van der Waals surface area contributed by atoms with E-state index in [2.05, 4.69) is 54.1 Å². The summed E-state index contributed by atoms with van der Waals surface area (Å²) in [7, 11) is 0. The van der Waals surface area contributed by atoms with E-state index in [1.54, 1.807) is 6.07 Å². The van der Waals surface area contributed by atoms with Gasteiger partial charge in [0.1, 0.15) is 0 Å². The molecule has 2 heterocycles. The number of piperazine rings is 1. The summed E-state index contributed by atoms with van der Waals surface area (Å²) in [6.07, 6.45) is 0. The van der Waals surface area contributed by atoms with Crippen LogP contribution >= 0.6 is 27.5 Å².